The smallest absolute Gasteiger partial charge is 0.00625 e. The Morgan fingerprint density at radius 3 is 2.17 bits per heavy atom. The SMILES string of the molecule is CCC(C)C[S]. The van der Waals surface area contributed by atoms with E-state index in [2.05, 4.69) is 13.8 Å². The van der Waals surface area contributed by atoms with Gasteiger partial charge in [-0.05, 0) is 5.92 Å². The lowest BCUT2D eigenvalue weighted by Crippen LogP contribution is -1.90. The second-order valence-electron chi connectivity index (χ2n) is 1.68. The van der Waals surface area contributed by atoms with E-state index in [9.17, 15) is 0 Å². The molecule has 0 aliphatic heterocycles. The zero-order chi connectivity index (χ0) is 4.99. The van der Waals surface area contributed by atoms with Crippen molar-refractivity contribution in [1.82, 2.24) is 0 Å². The predicted molar refractivity (Wildman–Crippen MR) is 31.9 cm³/mol. The van der Waals surface area contributed by atoms with Gasteiger partial charge in [-0.3, -0.25) is 0 Å². The zero-order valence-electron chi connectivity index (χ0n) is 4.40. The maximum atomic E-state index is 4.77. The molecule has 0 heterocycles. The van der Waals surface area contributed by atoms with Gasteiger partial charge in [0.25, 0.3) is 0 Å². The molecular formula is C5H11S. The molecule has 0 fully saturated rings. The first-order valence-corrected chi connectivity index (χ1v) is 2.97. The third-order valence-electron chi connectivity index (χ3n) is 0.981. The monoisotopic (exact) mass is 103 g/mol. The molecule has 0 nitrogen and oxygen atoms in total. The lowest BCUT2D eigenvalue weighted by molar-refractivity contribution is 0.638. The highest BCUT2D eigenvalue weighted by Crippen LogP contribution is 2.00. The van der Waals surface area contributed by atoms with Crippen molar-refractivity contribution in [2.24, 2.45) is 5.92 Å². The summed E-state index contributed by atoms with van der Waals surface area (Å²) in [4.78, 5) is 0. The Bertz CT molecular complexity index is 23.1. The predicted octanol–water partition coefficient (Wildman–Crippen LogP) is 2.23. The number of hydrogen-bond acceptors (Lipinski definition) is 0. The average molecular weight is 103 g/mol. The normalized spacial score (nSPS) is 14.5. The topological polar surface area (TPSA) is 0 Å². The fraction of sp³-hybridized carbons (Fsp3) is 1.00. The van der Waals surface area contributed by atoms with Crippen molar-refractivity contribution in [3.05, 3.63) is 0 Å². The van der Waals surface area contributed by atoms with Gasteiger partial charge in [0.2, 0.25) is 0 Å². The Morgan fingerprint density at radius 1 is 1.67 bits per heavy atom. The summed E-state index contributed by atoms with van der Waals surface area (Å²) in [6.07, 6.45) is 1.23. The third kappa shape index (κ3) is 2.58. The first-order chi connectivity index (χ1) is 2.81. The van der Waals surface area contributed by atoms with Crippen molar-refractivity contribution in [1.29, 1.82) is 0 Å². The lowest BCUT2D eigenvalue weighted by atomic mass is 10.2. The first-order valence-electron chi connectivity index (χ1n) is 2.39. The first kappa shape index (κ1) is 6.35. The van der Waals surface area contributed by atoms with E-state index in [1.165, 1.54) is 6.42 Å². The van der Waals surface area contributed by atoms with E-state index in [1.54, 1.807) is 0 Å². The molecular weight excluding hydrogens is 92.1 g/mol. The third-order valence-corrected chi connectivity index (χ3v) is 1.55. The fourth-order valence-electron chi connectivity index (χ4n) is 0.118. The molecule has 1 heteroatoms. The van der Waals surface area contributed by atoms with E-state index in [-0.39, 0.29) is 0 Å². The maximum Gasteiger partial charge on any atom is 0.00625 e. The van der Waals surface area contributed by atoms with Gasteiger partial charge in [-0.15, -0.1) is 0 Å². The van der Waals surface area contributed by atoms with Gasteiger partial charge in [0.1, 0.15) is 0 Å². The van der Waals surface area contributed by atoms with Crippen LogP contribution in [-0.2, 0) is 0 Å². The summed E-state index contributed by atoms with van der Waals surface area (Å²) in [5, 5.41) is 0. The highest BCUT2D eigenvalue weighted by atomic mass is 32.1. The van der Waals surface area contributed by atoms with Crippen LogP contribution in [0.5, 0.6) is 0 Å². The number of rotatable bonds is 2. The summed E-state index contributed by atoms with van der Waals surface area (Å²) >= 11 is 4.77. The molecule has 1 radical (unpaired) electrons. The van der Waals surface area contributed by atoms with E-state index in [0.717, 1.165) is 11.7 Å². The minimum atomic E-state index is 0.750. The van der Waals surface area contributed by atoms with Crippen LogP contribution in [0.4, 0.5) is 0 Å². The van der Waals surface area contributed by atoms with Gasteiger partial charge >= 0.3 is 0 Å². The van der Waals surface area contributed by atoms with Crippen LogP contribution >= 0.6 is 12.6 Å². The van der Waals surface area contributed by atoms with Gasteiger partial charge in [-0.1, -0.05) is 32.9 Å². The minimum Gasteiger partial charge on any atom is -0.0939 e. The highest BCUT2D eigenvalue weighted by molar-refractivity contribution is 7.80. The molecule has 1 atom stereocenters. The van der Waals surface area contributed by atoms with Gasteiger partial charge in [0.15, 0.2) is 0 Å². The molecule has 0 aromatic carbocycles. The molecule has 0 aliphatic rings. The summed E-state index contributed by atoms with van der Waals surface area (Å²) < 4.78 is 0. The fourth-order valence-corrected chi connectivity index (χ4v) is 0.354. The summed E-state index contributed by atoms with van der Waals surface area (Å²) in [6.45, 7) is 4.34. The Labute approximate surface area is 45.4 Å². The second kappa shape index (κ2) is 3.54. The van der Waals surface area contributed by atoms with Crippen molar-refractivity contribution in [3.8, 4) is 0 Å². The van der Waals surface area contributed by atoms with Crippen molar-refractivity contribution >= 4 is 12.6 Å². The minimum absolute atomic E-state index is 0.750. The Morgan fingerprint density at radius 2 is 2.17 bits per heavy atom. The number of hydrogen-bond donors (Lipinski definition) is 0. The van der Waals surface area contributed by atoms with Crippen LogP contribution in [0.3, 0.4) is 0 Å². The largest absolute Gasteiger partial charge is 0.0939 e. The molecule has 0 saturated heterocycles. The molecule has 37 valence electrons. The molecule has 0 N–H and O–H groups in total. The summed E-state index contributed by atoms with van der Waals surface area (Å²) in [5.41, 5.74) is 0. The van der Waals surface area contributed by atoms with Crippen LogP contribution in [0.2, 0.25) is 0 Å². The highest BCUT2D eigenvalue weighted by Gasteiger charge is 1.90. The molecule has 0 spiro atoms. The summed E-state index contributed by atoms with van der Waals surface area (Å²) in [7, 11) is 0. The van der Waals surface area contributed by atoms with Gasteiger partial charge in [0, 0.05) is 5.75 Å². The Balaban J connectivity index is 2.75. The van der Waals surface area contributed by atoms with Gasteiger partial charge in [-0.2, -0.15) is 0 Å². The maximum absolute atomic E-state index is 4.77. The van der Waals surface area contributed by atoms with Crippen LogP contribution in [0, 0.1) is 5.92 Å². The van der Waals surface area contributed by atoms with Crippen molar-refractivity contribution in [2.75, 3.05) is 5.75 Å². The van der Waals surface area contributed by atoms with Gasteiger partial charge < -0.3 is 0 Å². The molecule has 0 aromatic heterocycles. The van der Waals surface area contributed by atoms with Crippen LogP contribution in [0.15, 0.2) is 0 Å². The van der Waals surface area contributed by atoms with E-state index >= 15 is 0 Å². The van der Waals surface area contributed by atoms with Crippen molar-refractivity contribution < 1.29 is 0 Å². The Hall–Kier alpha value is 0.350. The van der Waals surface area contributed by atoms with Crippen LogP contribution in [0.1, 0.15) is 20.3 Å². The average Bonchev–Trinajstić information content (AvgIpc) is 1.65. The molecule has 0 rings (SSSR count). The standard InChI is InChI=1S/C5H11S/c1-3-5(2)4-6/h5H,3-4H2,1-2H3. The molecule has 0 amide bonds. The molecule has 0 aliphatic carbocycles. The van der Waals surface area contributed by atoms with Gasteiger partial charge in [0.05, 0.1) is 0 Å². The lowest BCUT2D eigenvalue weighted by Gasteiger charge is -1.97. The molecule has 0 aromatic rings. The van der Waals surface area contributed by atoms with Gasteiger partial charge in [-0.25, -0.2) is 0 Å². The molecule has 0 bridgehead atoms. The van der Waals surface area contributed by atoms with E-state index in [0.29, 0.717) is 0 Å². The van der Waals surface area contributed by atoms with Crippen LogP contribution in [-0.4, -0.2) is 5.75 Å². The molecule has 6 heavy (non-hydrogen) atoms. The molecule has 0 saturated carbocycles. The zero-order valence-corrected chi connectivity index (χ0v) is 5.22. The van der Waals surface area contributed by atoms with Crippen molar-refractivity contribution in [2.45, 2.75) is 20.3 Å². The van der Waals surface area contributed by atoms with E-state index in [1.807, 2.05) is 0 Å². The van der Waals surface area contributed by atoms with Crippen molar-refractivity contribution in [3.63, 3.8) is 0 Å². The summed E-state index contributed by atoms with van der Waals surface area (Å²) in [5.74, 6) is 1.66. The second-order valence-corrected chi connectivity index (χ2v) is 2.01. The molecule has 1 unspecified atom stereocenters. The Kier molecular flexibility index (Phi) is 3.74. The van der Waals surface area contributed by atoms with E-state index in [4.69, 9.17) is 12.6 Å². The van der Waals surface area contributed by atoms with Crippen LogP contribution in [0.25, 0.3) is 0 Å². The quantitative estimate of drug-likeness (QED) is 0.502. The van der Waals surface area contributed by atoms with Crippen LogP contribution < -0.4 is 0 Å². The van der Waals surface area contributed by atoms with E-state index < -0.39 is 0 Å². The summed E-state index contributed by atoms with van der Waals surface area (Å²) in [6, 6.07) is 0.